The summed E-state index contributed by atoms with van der Waals surface area (Å²) in [6, 6.07) is 26.4. The Kier molecular flexibility index (Phi) is 5.55. The van der Waals surface area contributed by atoms with E-state index in [1.165, 1.54) is 28.0 Å². The predicted molar refractivity (Wildman–Crippen MR) is 142 cm³/mol. The van der Waals surface area contributed by atoms with Crippen LogP contribution in [0.5, 0.6) is 5.75 Å². The van der Waals surface area contributed by atoms with E-state index in [0.29, 0.717) is 4.53 Å². The minimum atomic E-state index is -0.180. The van der Waals surface area contributed by atoms with Gasteiger partial charge < -0.3 is 4.74 Å². The Morgan fingerprint density at radius 2 is 1.74 bits per heavy atom. The molecular weight excluding hydrogens is 452 g/mol. The van der Waals surface area contributed by atoms with Gasteiger partial charge in [0, 0.05) is 5.56 Å². The van der Waals surface area contributed by atoms with Gasteiger partial charge in [-0.3, -0.25) is 9.36 Å². The molecule has 0 bridgehead atoms. The van der Waals surface area contributed by atoms with Gasteiger partial charge in [-0.15, -0.1) is 0 Å². The SMILES string of the molecule is COc1ccc(C2C3=C(N=c4sc(=C/C=C/c5ccccc5)c(=O)n42)c2ccccc2CC3)cc1. The first-order chi connectivity index (χ1) is 17.2. The lowest BCUT2D eigenvalue weighted by molar-refractivity contribution is 0.414. The van der Waals surface area contributed by atoms with E-state index in [4.69, 9.17) is 9.73 Å². The Balaban J connectivity index is 1.53. The molecular formula is C30H24N2O2S. The standard InChI is InChI=1S/C30H24N2O2S/c1-34-23-17-14-22(15-18-23)28-25-19-16-21-11-5-6-12-24(21)27(25)31-30-32(28)29(33)26(35-30)13-7-10-20-8-3-2-4-9-20/h2-15,17-18,28H,16,19H2,1H3/b10-7+,26-13?. The molecule has 3 aromatic carbocycles. The summed E-state index contributed by atoms with van der Waals surface area (Å²) < 4.78 is 7.94. The number of thiazole rings is 1. The summed E-state index contributed by atoms with van der Waals surface area (Å²) >= 11 is 1.45. The van der Waals surface area contributed by atoms with Crippen LogP contribution in [-0.2, 0) is 6.42 Å². The Morgan fingerprint density at radius 1 is 0.971 bits per heavy atom. The lowest BCUT2D eigenvalue weighted by Gasteiger charge is -2.30. The molecule has 5 heteroatoms. The molecule has 1 unspecified atom stereocenters. The van der Waals surface area contributed by atoms with Crippen LogP contribution in [-0.4, -0.2) is 11.7 Å². The molecule has 1 aliphatic carbocycles. The number of methoxy groups -OCH3 is 1. The van der Waals surface area contributed by atoms with Crippen LogP contribution >= 0.6 is 11.3 Å². The Labute approximate surface area is 207 Å². The van der Waals surface area contributed by atoms with Crippen LogP contribution in [0, 0.1) is 0 Å². The summed E-state index contributed by atoms with van der Waals surface area (Å²) in [5.74, 6) is 0.801. The number of rotatable bonds is 4. The summed E-state index contributed by atoms with van der Waals surface area (Å²) in [4.78, 5) is 19.5. The van der Waals surface area contributed by atoms with Gasteiger partial charge in [0.15, 0.2) is 4.80 Å². The van der Waals surface area contributed by atoms with Crippen LogP contribution in [0.1, 0.15) is 34.7 Å². The second-order valence-corrected chi connectivity index (χ2v) is 9.69. The maximum atomic E-state index is 13.7. The molecule has 0 saturated heterocycles. The molecule has 0 fully saturated rings. The number of ether oxygens (including phenoxy) is 1. The van der Waals surface area contributed by atoms with Gasteiger partial charge in [-0.1, -0.05) is 90.2 Å². The molecule has 172 valence electrons. The van der Waals surface area contributed by atoms with Gasteiger partial charge in [-0.25, -0.2) is 4.99 Å². The number of hydrogen-bond donors (Lipinski definition) is 0. The van der Waals surface area contributed by atoms with Crippen molar-refractivity contribution in [3.63, 3.8) is 0 Å². The van der Waals surface area contributed by atoms with Crippen molar-refractivity contribution in [1.29, 1.82) is 0 Å². The van der Waals surface area contributed by atoms with E-state index in [0.717, 1.165) is 40.2 Å². The first-order valence-electron chi connectivity index (χ1n) is 11.7. The second-order valence-electron chi connectivity index (χ2n) is 8.68. The molecule has 0 radical (unpaired) electrons. The highest BCUT2D eigenvalue weighted by molar-refractivity contribution is 7.07. The first kappa shape index (κ1) is 21.6. The van der Waals surface area contributed by atoms with E-state index < -0.39 is 0 Å². The third kappa shape index (κ3) is 3.88. The molecule has 0 amide bonds. The zero-order valence-electron chi connectivity index (χ0n) is 19.3. The molecule has 2 aliphatic rings. The van der Waals surface area contributed by atoms with Crippen molar-refractivity contribution in [1.82, 2.24) is 4.57 Å². The fourth-order valence-corrected chi connectivity index (χ4v) is 5.89. The van der Waals surface area contributed by atoms with E-state index in [2.05, 4.69) is 36.4 Å². The zero-order chi connectivity index (χ0) is 23.8. The van der Waals surface area contributed by atoms with Crippen molar-refractivity contribution in [3.05, 3.63) is 132 Å². The molecule has 6 rings (SSSR count). The molecule has 4 nitrogen and oxygen atoms in total. The largest absolute Gasteiger partial charge is 0.497 e. The van der Waals surface area contributed by atoms with E-state index in [1.807, 2.05) is 65.3 Å². The number of nitrogens with zero attached hydrogens (tertiary/aromatic N) is 2. The van der Waals surface area contributed by atoms with Gasteiger partial charge in [-0.2, -0.15) is 0 Å². The molecule has 35 heavy (non-hydrogen) atoms. The van der Waals surface area contributed by atoms with Gasteiger partial charge in [-0.05, 0) is 53.3 Å². The maximum absolute atomic E-state index is 13.7. The highest BCUT2D eigenvalue weighted by Crippen LogP contribution is 2.41. The lowest BCUT2D eigenvalue weighted by Crippen LogP contribution is -2.38. The van der Waals surface area contributed by atoms with Crippen LogP contribution in [0.4, 0.5) is 0 Å². The smallest absolute Gasteiger partial charge is 0.271 e. The Bertz CT molecular complexity index is 1640. The Hall–Kier alpha value is -3.96. The summed E-state index contributed by atoms with van der Waals surface area (Å²) in [7, 11) is 1.67. The van der Waals surface area contributed by atoms with Crippen molar-refractivity contribution < 1.29 is 4.74 Å². The zero-order valence-corrected chi connectivity index (χ0v) is 20.2. The molecule has 2 heterocycles. The molecule has 4 aromatic rings. The predicted octanol–water partition coefficient (Wildman–Crippen LogP) is 4.99. The number of benzene rings is 3. The average Bonchev–Trinajstić information content (AvgIpc) is 3.22. The number of aryl methyl sites for hydroxylation is 1. The summed E-state index contributed by atoms with van der Waals surface area (Å²) in [5.41, 5.74) is 6.87. The first-order valence-corrected chi connectivity index (χ1v) is 12.5. The fourth-order valence-electron chi connectivity index (χ4n) is 4.93. The number of fused-ring (bicyclic) bond motifs is 3. The van der Waals surface area contributed by atoms with Gasteiger partial charge in [0.25, 0.3) is 5.56 Å². The Morgan fingerprint density at radius 3 is 2.54 bits per heavy atom. The maximum Gasteiger partial charge on any atom is 0.271 e. The molecule has 1 aromatic heterocycles. The number of hydrogen-bond acceptors (Lipinski definition) is 4. The topological polar surface area (TPSA) is 43.6 Å². The van der Waals surface area contributed by atoms with Crippen LogP contribution < -0.4 is 19.6 Å². The average molecular weight is 477 g/mol. The van der Waals surface area contributed by atoms with Gasteiger partial charge in [0.05, 0.1) is 23.4 Å². The van der Waals surface area contributed by atoms with E-state index >= 15 is 0 Å². The highest BCUT2D eigenvalue weighted by Gasteiger charge is 2.32. The summed E-state index contributed by atoms with van der Waals surface area (Å²) in [6.45, 7) is 0. The lowest BCUT2D eigenvalue weighted by atomic mass is 9.83. The molecule has 1 atom stereocenters. The second kappa shape index (κ2) is 9.01. The van der Waals surface area contributed by atoms with Gasteiger partial charge in [0.1, 0.15) is 5.75 Å². The van der Waals surface area contributed by atoms with Crippen LogP contribution in [0.2, 0.25) is 0 Å². The summed E-state index contributed by atoms with van der Waals surface area (Å²) in [5, 5.41) is 0. The van der Waals surface area contributed by atoms with Crippen molar-refractivity contribution in [2.45, 2.75) is 18.9 Å². The molecule has 1 aliphatic heterocycles. The van der Waals surface area contributed by atoms with Crippen molar-refractivity contribution in [2.75, 3.05) is 7.11 Å². The normalized spacial score (nSPS) is 17.1. The fraction of sp³-hybridized carbons (Fsp3) is 0.133. The summed E-state index contributed by atoms with van der Waals surface area (Å²) in [6.07, 6.45) is 7.68. The highest BCUT2D eigenvalue weighted by atomic mass is 32.1. The van der Waals surface area contributed by atoms with Crippen LogP contribution in [0.3, 0.4) is 0 Å². The van der Waals surface area contributed by atoms with E-state index in [1.54, 1.807) is 7.11 Å². The van der Waals surface area contributed by atoms with Crippen molar-refractivity contribution >= 4 is 29.2 Å². The van der Waals surface area contributed by atoms with Crippen molar-refractivity contribution in [3.8, 4) is 5.75 Å². The molecule has 0 saturated carbocycles. The molecule has 0 N–H and O–H groups in total. The third-order valence-electron chi connectivity index (χ3n) is 6.64. The van der Waals surface area contributed by atoms with E-state index in [9.17, 15) is 4.79 Å². The monoisotopic (exact) mass is 476 g/mol. The van der Waals surface area contributed by atoms with Gasteiger partial charge >= 0.3 is 0 Å². The third-order valence-corrected chi connectivity index (χ3v) is 7.64. The number of allylic oxidation sites excluding steroid dienone is 2. The van der Waals surface area contributed by atoms with Gasteiger partial charge in [0.2, 0.25) is 0 Å². The van der Waals surface area contributed by atoms with E-state index in [-0.39, 0.29) is 11.6 Å². The molecule has 0 spiro atoms. The van der Waals surface area contributed by atoms with Crippen LogP contribution in [0.15, 0.2) is 100 Å². The van der Waals surface area contributed by atoms with Crippen LogP contribution in [0.25, 0.3) is 17.8 Å². The van der Waals surface area contributed by atoms with Crippen molar-refractivity contribution in [2.24, 2.45) is 4.99 Å². The number of aromatic nitrogens is 1. The quantitative estimate of drug-likeness (QED) is 0.416. The minimum absolute atomic E-state index is 0.00214. The minimum Gasteiger partial charge on any atom is -0.497 e.